The predicted octanol–water partition coefficient (Wildman–Crippen LogP) is 3.84. The number of carbonyl (C=O) groups excluding carboxylic acids is 2. The summed E-state index contributed by atoms with van der Waals surface area (Å²) in [6, 6.07) is 9.13. The van der Waals surface area contributed by atoms with Gasteiger partial charge in [0, 0.05) is 24.2 Å². The average Bonchev–Trinajstić information content (AvgIpc) is 2.57. The van der Waals surface area contributed by atoms with Gasteiger partial charge < -0.3 is 9.64 Å². The first-order valence-electron chi connectivity index (χ1n) is 9.09. The van der Waals surface area contributed by atoms with Crippen molar-refractivity contribution in [3.63, 3.8) is 0 Å². The van der Waals surface area contributed by atoms with Gasteiger partial charge in [-0.05, 0) is 30.9 Å². The van der Waals surface area contributed by atoms with Crippen molar-refractivity contribution in [3.8, 4) is 0 Å². The van der Waals surface area contributed by atoms with E-state index in [1.807, 2.05) is 31.2 Å². The summed E-state index contributed by atoms with van der Waals surface area (Å²) < 4.78 is 5.34. The zero-order valence-corrected chi connectivity index (χ0v) is 16.3. The third-order valence-electron chi connectivity index (χ3n) is 3.91. The number of amides is 1. The molecular weight excluding hydrogens is 328 g/mol. The standard InChI is InChI=1S/C21H28N2O3/c1-14(2)11-23(12-15(3)4)20(24)13-26-21(25)18-10-16(5)22-19-9-7-6-8-17(18)19/h6-10,14-15H,11-13H2,1-5H3. The third-order valence-corrected chi connectivity index (χ3v) is 3.91. The normalized spacial score (nSPS) is 11.2. The number of pyridine rings is 1. The number of nitrogens with zero attached hydrogens (tertiary/aromatic N) is 2. The molecule has 2 aromatic rings. The first-order chi connectivity index (χ1) is 12.3. The van der Waals surface area contributed by atoms with E-state index >= 15 is 0 Å². The average molecular weight is 356 g/mol. The first kappa shape index (κ1) is 19.9. The van der Waals surface area contributed by atoms with Gasteiger partial charge in [0.25, 0.3) is 5.91 Å². The van der Waals surface area contributed by atoms with Crippen LogP contribution >= 0.6 is 0 Å². The second kappa shape index (κ2) is 8.79. The highest BCUT2D eigenvalue weighted by atomic mass is 16.5. The lowest BCUT2D eigenvalue weighted by atomic mass is 10.1. The Morgan fingerprint density at radius 1 is 1.08 bits per heavy atom. The summed E-state index contributed by atoms with van der Waals surface area (Å²) >= 11 is 0. The summed E-state index contributed by atoms with van der Waals surface area (Å²) in [6.07, 6.45) is 0. The number of benzene rings is 1. The number of para-hydroxylation sites is 1. The number of carbonyl (C=O) groups is 2. The smallest absolute Gasteiger partial charge is 0.339 e. The van der Waals surface area contributed by atoms with Crippen LogP contribution in [0.3, 0.4) is 0 Å². The summed E-state index contributed by atoms with van der Waals surface area (Å²) in [5.41, 5.74) is 1.93. The summed E-state index contributed by atoms with van der Waals surface area (Å²) in [4.78, 5) is 31.3. The van der Waals surface area contributed by atoms with E-state index in [1.54, 1.807) is 11.0 Å². The molecule has 5 heteroatoms. The van der Waals surface area contributed by atoms with Crippen molar-refractivity contribution in [2.75, 3.05) is 19.7 Å². The molecule has 0 saturated carbocycles. The van der Waals surface area contributed by atoms with Crippen LogP contribution in [0.4, 0.5) is 0 Å². The summed E-state index contributed by atoms with van der Waals surface area (Å²) in [5.74, 6) is 0.0744. The summed E-state index contributed by atoms with van der Waals surface area (Å²) in [6.45, 7) is 11.2. The number of ether oxygens (including phenoxy) is 1. The van der Waals surface area contributed by atoms with Crippen molar-refractivity contribution in [2.45, 2.75) is 34.6 Å². The minimum absolute atomic E-state index is 0.157. The van der Waals surface area contributed by atoms with Gasteiger partial charge in [0.15, 0.2) is 6.61 Å². The van der Waals surface area contributed by atoms with Gasteiger partial charge in [0.2, 0.25) is 0 Å². The number of esters is 1. The highest BCUT2D eigenvalue weighted by molar-refractivity contribution is 6.04. The Bertz CT molecular complexity index is 774. The molecule has 1 amide bonds. The number of aromatic nitrogens is 1. The third kappa shape index (κ3) is 5.28. The maximum atomic E-state index is 12.6. The lowest BCUT2D eigenvalue weighted by Gasteiger charge is -2.26. The Morgan fingerprint density at radius 2 is 1.69 bits per heavy atom. The SMILES string of the molecule is Cc1cc(C(=O)OCC(=O)N(CC(C)C)CC(C)C)c2ccccc2n1. The van der Waals surface area contributed by atoms with Crippen molar-refractivity contribution in [3.05, 3.63) is 41.6 Å². The van der Waals surface area contributed by atoms with Crippen LogP contribution in [0.25, 0.3) is 10.9 Å². The highest BCUT2D eigenvalue weighted by Gasteiger charge is 2.19. The zero-order chi connectivity index (χ0) is 19.3. The molecule has 0 unspecified atom stereocenters. The molecule has 1 aromatic carbocycles. The van der Waals surface area contributed by atoms with Crippen LogP contribution in [0.2, 0.25) is 0 Å². The van der Waals surface area contributed by atoms with Crippen molar-refractivity contribution in [2.24, 2.45) is 11.8 Å². The topological polar surface area (TPSA) is 59.5 Å². The summed E-state index contributed by atoms with van der Waals surface area (Å²) in [7, 11) is 0. The maximum Gasteiger partial charge on any atom is 0.339 e. The van der Waals surface area contributed by atoms with Crippen LogP contribution in [0, 0.1) is 18.8 Å². The van der Waals surface area contributed by atoms with Crippen LogP contribution in [0.5, 0.6) is 0 Å². The van der Waals surface area contributed by atoms with Gasteiger partial charge in [-0.25, -0.2) is 4.79 Å². The number of aryl methyl sites for hydroxylation is 1. The van der Waals surface area contributed by atoms with Crippen LogP contribution in [-0.4, -0.2) is 41.5 Å². The highest BCUT2D eigenvalue weighted by Crippen LogP contribution is 2.19. The molecule has 5 nitrogen and oxygen atoms in total. The van der Waals surface area contributed by atoms with Gasteiger partial charge in [0.05, 0.1) is 11.1 Å². The molecule has 0 atom stereocenters. The Balaban J connectivity index is 2.11. The van der Waals surface area contributed by atoms with Gasteiger partial charge in [-0.3, -0.25) is 9.78 Å². The quantitative estimate of drug-likeness (QED) is 0.707. The van der Waals surface area contributed by atoms with Crippen LogP contribution in [0.1, 0.15) is 43.7 Å². The van der Waals surface area contributed by atoms with Gasteiger partial charge in [-0.1, -0.05) is 45.9 Å². The van der Waals surface area contributed by atoms with Crippen LogP contribution < -0.4 is 0 Å². The second-order valence-corrected chi connectivity index (χ2v) is 7.49. The molecule has 2 rings (SSSR count). The molecule has 0 aliphatic heterocycles. The fourth-order valence-corrected chi connectivity index (χ4v) is 2.93. The Morgan fingerprint density at radius 3 is 2.31 bits per heavy atom. The largest absolute Gasteiger partial charge is 0.452 e. The molecule has 1 aromatic heterocycles. The maximum absolute atomic E-state index is 12.6. The lowest BCUT2D eigenvalue weighted by molar-refractivity contribution is -0.135. The fraction of sp³-hybridized carbons (Fsp3) is 0.476. The molecule has 0 spiro atoms. The van der Waals surface area contributed by atoms with E-state index in [0.717, 1.165) is 16.6 Å². The predicted molar refractivity (Wildman–Crippen MR) is 103 cm³/mol. The van der Waals surface area contributed by atoms with Gasteiger partial charge in [-0.2, -0.15) is 0 Å². The van der Waals surface area contributed by atoms with Gasteiger partial charge >= 0.3 is 5.97 Å². The van der Waals surface area contributed by atoms with E-state index < -0.39 is 5.97 Å². The van der Waals surface area contributed by atoms with Crippen molar-refractivity contribution < 1.29 is 14.3 Å². The molecule has 0 N–H and O–H groups in total. The minimum Gasteiger partial charge on any atom is -0.452 e. The molecule has 140 valence electrons. The van der Waals surface area contributed by atoms with Crippen molar-refractivity contribution in [1.29, 1.82) is 0 Å². The number of fused-ring (bicyclic) bond motifs is 1. The monoisotopic (exact) mass is 356 g/mol. The second-order valence-electron chi connectivity index (χ2n) is 7.49. The fourth-order valence-electron chi connectivity index (χ4n) is 2.93. The van der Waals surface area contributed by atoms with Crippen molar-refractivity contribution in [1.82, 2.24) is 9.88 Å². The van der Waals surface area contributed by atoms with E-state index in [9.17, 15) is 9.59 Å². The van der Waals surface area contributed by atoms with E-state index in [-0.39, 0.29) is 12.5 Å². The molecule has 0 fully saturated rings. The van der Waals surface area contributed by atoms with E-state index in [2.05, 4.69) is 32.7 Å². The van der Waals surface area contributed by atoms with Crippen molar-refractivity contribution >= 4 is 22.8 Å². The molecule has 0 aliphatic carbocycles. The van der Waals surface area contributed by atoms with Crippen LogP contribution in [-0.2, 0) is 9.53 Å². The Kier molecular flexibility index (Phi) is 6.72. The number of hydrogen-bond acceptors (Lipinski definition) is 4. The van der Waals surface area contributed by atoms with Gasteiger partial charge in [0.1, 0.15) is 0 Å². The lowest BCUT2D eigenvalue weighted by Crippen LogP contribution is -2.39. The van der Waals surface area contributed by atoms with E-state index in [1.165, 1.54) is 0 Å². The van der Waals surface area contributed by atoms with Crippen LogP contribution in [0.15, 0.2) is 30.3 Å². The summed E-state index contributed by atoms with van der Waals surface area (Å²) in [5, 5.41) is 0.733. The number of rotatable bonds is 7. The molecule has 26 heavy (non-hydrogen) atoms. The zero-order valence-electron chi connectivity index (χ0n) is 16.3. The van der Waals surface area contributed by atoms with Gasteiger partial charge in [-0.15, -0.1) is 0 Å². The Labute approximate surface area is 155 Å². The number of hydrogen-bond donors (Lipinski definition) is 0. The molecule has 1 heterocycles. The molecule has 0 bridgehead atoms. The van der Waals surface area contributed by atoms with E-state index in [0.29, 0.717) is 30.5 Å². The minimum atomic E-state index is -0.492. The first-order valence-corrected chi connectivity index (χ1v) is 9.09. The molecule has 0 saturated heterocycles. The van der Waals surface area contributed by atoms with E-state index in [4.69, 9.17) is 4.74 Å². The Hall–Kier alpha value is -2.43. The molecule has 0 aliphatic rings. The molecule has 0 radical (unpaired) electrons. The molecular formula is C21H28N2O3.